The lowest BCUT2D eigenvalue weighted by Gasteiger charge is -2.30. The number of aromatic nitrogens is 2. The number of aromatic amines is 1. The van der Waals surface area contributed by atoms with E-state index in [1.165, 1.54) is 0 Å². The van der Waals surface area contributed by atoms with Crippen molar-refractivity contribution < 1.29 is 9.90 Å². The van der Waals surface area contributed by atoms with Crippen LogP contribution in [0.1, 0.15) is 24.6 Å². The first-order valence-corrected chi connectivity index (χ1v) is 7.27. The zero-order valence-corrected chi connectivity index (χ0v) is 11.8. The molecule has 1 saturated heterocycles. The van der Waals surface area contributed by atoms with Gasteiger partial charge in [0.1, 0.15) is 5.82 Å². The summed E-state index contributed by atoms with van der Waals surface area (Å²) < 4.78 is 0. The molecule has 1 unspecified atom stereocenters. The molecule has 1 aliphatic heterocycles. The minimum Gasteiger partial charge on any atom is -0.480 e. The summed E-state index contributed by atoms with van der Waals surface area (Å²) in [5.41, 5.74) is 2.13. The first kappa shape index (κ1) is 13.8. The van der Waals surface area contributed by atoms with E-state index in [-0.39, 0.29) is 12.5 Å². The van der Waals surface area contributed by atoms with Crippen LogP contribution >= 0.6 is 0 Å². The highest BCUT2D eigenvalue weighted by molar-refractivity contribution is 5.69. The maximum atomic E-state index is 10.8. The number of nitrogens with zero attached hydrogens (tertiary/aromatic N) is 2. The topological polar surface area (TPSA) is 69.2 Å². The second-order valence-corrected chi connectivity index (χ2v) is 5.52. The molecule has 0 bridgehead atoms. The number of imidazole rings is 1. The van der Waals surface area contributed by atoms with Gasteiger partial charge in [-0.25, -0.2) is 4.98 Å². The number of carbonyl (C=O) groups is 1. The summed E-state index contributed by atoms with van der Waals surface area (Å²) in [6.45, 7) is 1.73. The van der Waals surface area contributed by atoms with Crippen LogP contribution in [-0.4, -0.2) is 45.6 Å². The average Bonchev–Trinajstić information content (AvgIpc) is 2.98. The number of aliphatic carboxylic acids is 1. The Balaban J connectivity index is 1.72. The molecule has 1 aliphatic rings. The summed E-state index contributed by atoms with van der Waals surface area (Å²) in [4.78, 5) is 20.7. The van der Waals surface area contributed by atoms with Gasteiger partial charge in [-0.15, -0.1) is 0 Å². The molecular formula is C16H19N3O2. The van der Waals surface area contributed by atoms with Gasteiger partial charge in [0.05, 0.1) is 18.4 Å². The maximum absolute atomic E-state index is 10.8. The summed E-state index contributed by atoms with van der Waals surface area (Å²) in [5, 5.41) is 8.91. The van der Waals surface area contributed by atoms with E-state index in [1.807, 2.05) is 29.3 Å². The van der Waals surface area contributed by atoms with Gasteiger partial charge in [0.25, 0.3) is 0 Å². The third kappa shape index (κ3) is 3.31. The molecule has 1 fully saturated rings. The maximum Gasteiger partial charge on any atom is 0.317 e. The van der Waals surface area contributed by atoms with Gasteiger partial charge >= 0.3 is 5.97 Å². The minimum absolute atomic E-state index is 0.114. The Morgan fingerprint density at radius 2 is 2.19 bits per heavy atom. The molecule has 5 nitrogen and oxygen atoms in total. The third-order valence-corrected chi connectivity index (χ3v) is 3.93. The van der Waals surface area contributed by atoms with Crippen LogP contribution in [0.4, 0.5) is 0 Å². The molecule has 5 heteroatoms. The van der Waals surface area contributed by atoms with Crippen LogP contribution in [0.5, 0.6) is 0 Å². The van der Waals surface area contributed by atoms with Crippen molar-refractivity contribution in [1.29, 1.82) is 0 Å². The summed E-state index contributed by atoms with van der Waals surface area (Å²) in [5.74, 6) is 0.486. The summed E-state index contributed by atoms with van der Waals surface area (Å²) in [7, 11) is 0. The number of piperidine rings is 1. The Labute approximate surface area is 123 Å². The molecule has 0 aliphatic carbocycles. The lowest BCUT2D eigenvalue weighted by atomic mass is 9.97. The predicted octanol–water partition coefficient (Wildman–Crippen LogP) is 2.34. The van der Waals surface area contributed by atoms with E-state index >= 15 is 0 Å². The van der Waals surface area contributed by atoms with Crippen LogP contribution < -0.4 is 0 Å². The van der Waals surface area contributed by atoms with Crippen molar-refractivity contribution in [2.45, 2.75) is 18.8 Å². The van der Waals surface area contributed by atoms with Gasteiger partial charge in [0.2, 0.25) is 0 Å². The summed E-state index contributed by atoms with van der Waals surface area (Å²) >= 11 is 0. The van der Waals surface area contributed by atoms with E-state index in [1.54, 1.807) is 0 Å². The normalized spacial score (nSPS) is 19.5. The molecule has 1 aromatic carbocycles. The van der Waals surface area contributed by atoms with Gasteiger partial charge < -0.3 is 10.1 Å². The number of hydrogen-bond acceptors (Lipinski definition) is 3. The molecule has 1 aromatic heterocycles. The zero-order valence-electron chi connectivity index (χ0n) is 11.8. The zero-order chi connectivity index (χ0) is 14.7. The molecule has 2 aromatic rings. The highest BCUT2D eigenvalue weighted by atomic mass is 16.4. The largest absolute Gasteiger partial charge is 0.480 e. The number of likely N-dealkylation sites (tertiary alicyclic amines) is 1. The lowest BCUT2D eigenvalue weighted by molar-refractivity contribution is -0.138. The Kier molecular flexibility index (Phi) is 4.01. The van der Waals surface area contributed by atoms with Gasteiger partial charge in [0.15, 0.2) is 0 Å². The van der Waals surface area contributed by atoms with E-state index in [4.69, 9.17) is 5.11 Å². The van der Waals surface area contributed by atoms with Gasteiger partial charge in [-0.1, -0.05) is 30.3 Å². The quantitative estimate of drug-likeness (QED) is 0.904. The molecule has 110 valence electrons. The number of carboxylic acid groups (broad SMARTS) is 1. The van der Waals surface area contributed by atoms with Crippen LogP contribution in [0, 0.1) is 0 Å². The van der Waals surface area contributed by atoms with Gasteiger partial charge in [-0.3, -0.25) is 9.69 Å². The number of nitrogens with one attached hydrogen (secondary N) is 1. The van der Waals surface area contributed by atoms with E-state index < -0.39 is 5.97 Å². The number of H-pyrrole nitrogens is 1. The number of rotatable bonds is 4. The predicted molar refractivity (Wildman–Crippen MR) is 80.1 cm³/mol. The Hall–Kier alpha value is -2.14. The number of hydrogen-bond donors (Lipinski definition) is 2. The van der Waals surface area contributed by atoms with Crippen molar-refractivity contribution in [2.75, 3.05) is 19.6 Å². The highest BCUT2D eigenvalue weighted by Gasteiger charge is 2.24. The third-order valence-electron chi connectivity index (χ3n) is 3.93. The Morgan fingerprint density at radius 1 is 1.38 bits per heavy atom. The average molecular weight is 285 g/mol. The standard InChI is InChI=1S/C16H19N3O2/c20-15(21)11-19-8-4-7-13(10-19)16-17-9-14(18-16)12-5-2-1-3-6-12/h1-3,5-6,9,13H,4,7-8,10-11H2,(H,17,18)(H,20,21). The van der Waals surface area contributed by atoms with Crippen molar-refractivity contribution in [3.05, 3.63) is 42.4 Å². The first-order valence-electron chi connectivity index (χ1n) is 7.27. The van der Waals surface area contributed by atoms with Crippen LogP contribution in [0.3, 0.4) is 0 Å². The van der Waals surface area contributed by atoms with Crippen molar-refractivity contribution in [3.63, 3.8) is 0 Å². The van der Waals surface area contributed by atoms with Crippen molar-refractivity contribution in [3.8, 4) is 11.3 Å². The van der Waals surface area contributed by atoms with Crippen molar-refractivity contribution >= 4 is 5.97 Å². The fourth-order valence-electron chi connectivity index (χ4n) is 2.92. The van der Waals surface area contributed by atoms with Crippen molar-refractivity contribution in [2.24, 2.45) is 0 Å². The first-order chi connectivity index (χ1) is 10.2. The van der Waals surface area contributed by atoms with E-state index in [2.05, 4.69) is 22.1 Å². The fourth-order valence-corrected chi connectivity index (χ4v) is 2.92. The second kappa shape index (κ2) is 6.10. The van der Waals surface area contributed by atoms with Gasteiger partial charge in [-0.2, -0.15) is 0 Å². The Bertz CT molecular complexity index is 609. The highest BCUT2D eigenvalue weighted by Crippen LogP contribution is 2.26. The lowest BCUT2D eigenvalue weighted by Crippen LogP contribution is -2.38. The summed E-state index contributed by atoms with van der Waals surface area (Å²) in [6, 6.07) is 10.1. The van der Waals surface area contributed by atoms with Crippen LogP contribution in [0.2, 0.25) is 0 Å². The SMILES string of the molecule is O=C(O)CN1CCCC(c2ncc(-c3ccccc3)[nH]2)C1. The molecule has 2 N–H and O–H groups in total. The Morgan fingerprint density at radius 3 is 2.95 bits per heavy atom. The van der Waals surface area contributed by atoms with Crippen LogP contribution in [0.25, 0.3) is 11.3 Å². The minimum atomic E-state index is -0.764. The smallest absolute Gasteiger partial charge is 0.317 e. The molecule has 0 radical (unpaired) electrons. The fraction of sp³-hybridized carbons (Fsp3) is 0.375. The monoisotopic (exact) mass is 285 g/mol. The van der Waals surface area contributed by atoms with E-state index in [0.29, 0.717) is 0 Å². The van der Waals surface area contributed by atoms with Crippen LogP contribution in [-0.2, 0) is 4.79 Å². The molecule has 0 saturated carbocycles. The number of carboxylic acids is 1. The van der Waals surface area contributed by atoms with Crippen LogP contribution in [0.15, 0.2) is 36.5 Å². The molecule has 2 heterocycles. The molecule has 21 heavy (non-hydrogen) atoms. The van der Waals surface area contributed by atoms with Crippen molar-refractivity contribution in [1.82, 2.24) is 14.9 Å². The van der Waals surface area contributed by atoms with E-state index in [9.17, 15) is 4.79 Å². The molecular weight excluding hydrogens is 266 g/mol. The van der Waals surface area contributed by atoms with Gasteiger partial charge in [0, 0.05) is 12.5 Å². The molecule has 3 rings (SSSR count). The van der Waals surface area contributed by atoms with E-state index in [0.717, 1.165) is 43.0 Å². The number of benzene rings is 1. The summed E-state index contributed by atoms with van der Waals surface area (Å²) in [6.07, 6.45) is 3.93. The molecule has 1 atom stereocenters. The second-order valence-electron chi connectivity index (χ2n) is 5.52. The molecule has 0 spiro atoms. The van der Waals surface area contributed by atoms with Gasteiger partial charge in [-0.05, 0) is 24.9 Å². The molecule has 0 amide bonds.